The summed E-state index contributed by atoms with van der Waals surface area (Å²) in [5.74, 6) is -0.469. The molecule has 0 aliphatic heterocycles. The van der Waals surface area contributed by atoms with Gasteiger partial charge in [0, 0.05) is 0 Å². The van der Waals surface area contributed by atoms with Gasteiger partial charge in [0.2, 0.25) is 5.91 Å². The van der Waals surface area contributed by atoms with Crippen LogP contribution in [0.5, 0.6) is 0 Å². The Morgan fingerprint density at radius 2 is 2.05 bits per heavy atom. The zero-order valence-corrected chi connectivity index (χ0v) is 11.8. The summed E-state index contributed by atoms with van der Waals surface area (Å²) >= 11 is 0. The van der Waals surface area contributed by atoms with E-state index in [9.17, 15) is 9.59 Å². The number of nitrogens with one attached hydrogen (secondary N) is 2. The van der Waals surface area contributed by atoms with Crippen molar-refractivity contribution >= 4 is 11.8 Å². The number of hydrogen-bond donors (Lipinski definition) is 2. The zero-order chi connectivity index (χ0) is 15.1. The van der Waals surface area contributed by atoms with E-state index >= 15 is 0 Å². The van der Waals surface area contributed by atoms with Gasteiger partial charge >= 0.3 is 0 Å². The maximum Gasteiger partial charge on any atom is 0.255 e. The topological polar surface area (TPSA) is 95.1 Å². The molecule has 0 bridgehead atoms. The van der Waals surface area contributed by atoms with Crippen LogP contribution in [-0.2, 0) is 4.79 Å². The first-order chi connectivity index (χ1) is 9.43. The van der Waals surface area contributed by atoms with Crippen LogP contribution in [0.25, 0.3) is 0 Å². The number of nitriles is 1. The monoisotopic (exact) mass is 277 g/mol. The van der Waals surface area contributed by atoms with Gasteiger partial charge in [0.25, 0.3) is 5.91 Å². The summed E-state index contributed by atoms with van der Waals surface area (Å²) in [6.45, 7) is 5.51. The van der Waals surface area contributed by atoms with Crippen LogP contribution in [0.3, 0.4) is 0 Å². The number of nitrogens with zero attached hydrogens (tertiary/aromatic N) is 1. The van der Waals surface area contributed by atoms with Crippen molar-refractivity contribution in [2.45, 2.75) is 39.3 Å². The van der Waals surface area contributed by atoms with Gasteiger partial charge in [-0.1, -0.05) is 13.8 Å². The maximum absolute atomic E-state index is 11.9. The normalized spacial score (nSPS) is 13.3. The first kappa shape index (κ1) is 15.8. The van der Waals surface area contributed by atoms with Crippen molar-refractivity contribution in [3.05, 3.63) is 24.2 Å². The molecule has 0 fully saturated rings. The van der Waals surface area contributed by atoms with E-state index in [4.69, 9.17) is 9.68 Å². The maximum atomic E-state index is 11.9. The number of furan rings is 1. The summed E-state index contributed by atoms with van der Waals surface area (Å²) in [5.41, 5.74) is 0.351. The number of amides is 2. The average Bonchev–Trinajstić information content (AvgIpc) is 2.90. The fourth-order valence-corrected chi connectivity index (χ4v) is 1.65. The highest BCUT2D eigenvalue weighted by atomic mass is 16.3. The molecule has 6 heteroatoms. The highest BCUT2D eigenvalue weighted by Crippen LogP contribution is 2.04. The predicted molar refractivity (Wildman–Crippen MR) is 72.6 cm³/mol. The quantitative estimate of drug-likeness (QED) is 0.822. The van der Waals surface area contributed by atoms with Gasteiger partial charge in [-0.25, -0.2) is 0 Å². The Balaban J connectivity index is 2.50. The van der Waals surface area contributed by atoms with E-state index in [0.717, 1.165) is 0 Å². The van der Waals surface area contributed by atoms with E-state index in [1.807, 2.05) is 19.9 Å². The molecule has 1 rings (SSSR count). The van der Waals surface area contributed by atoms with Crippen molar-refractivity contribution in [2.75, 3.05) is 0 Å². The van der Waals surface area contributed by atoms with Crippen LogP contribution in [0, 0.1) is 17.2 Å². The molecule has 2 amide bonds. The first-order valence-corrected chi connectivity index (χ1v) is 6.47. The van der Waals surface area contributed by atoms with Gasteiger partial charge in [0.05, 0.1) is 17.9 Å². The lowest BCUT2D eigenvalue weighted by atomic mass is 10.0. The second-order valence-corrected chi connectivity index (χ2v) is 5.03. The second kappa shape index (κ2) is 7.34. The predicted octanol–water partition coefficient (Wildman–Crippen LogP) is 1.45. The van der Waals surface area contributed by atoms with E-state index in [0.29, 0.717) is 17.9 Å². The molecule has 1 aromatic rings. The van der Waals surface area contributed by atoms with Gasteiger partial charge in [0.15, 0.2) is 0 Å². The largest absolute Gasteiger partial charge is 0.472 e. The molecule has 2 atom stereocenters. The standard InChI is InChI=1S/C14H19N3O3/c1-9(2)6-12(7-15)17-13(18)10(3)16-14(19)11-4-5-20-8-11/h4-5,8-10,12H,6H2,1-3H3,(H,16,19)(H,17,18)/t10-,12-/m0/s1. The summed E-state index contributed by atoms with van der Waals surface area (Å²) in [6, 6.07) is 2.28. The third-order valence-electron chi connectivity index (χ3n) is 2.70. The summed E-state index contributed by atoms with van der Waals surface area (Å²) in [5, 5.41) is 14.1. The van der Waals surface area contributed by atoms with E-state index < -0.39 is 18.0 Å². The Morgan fingerprint density at radius 3 is 2.55 bits per heavy atom. The molecular formula is C14H19N3O3. The minimum Gasteiger partial charge on any atom is -0.472 e. The lowest BCUT2D eigenvalue weighted by Gasteiger charge is -2.17. The smallest absolute Gasteiger partial charge is 0.255 e. The number of carbonyl (C=O) groups excluding carboxylic acids is 2. The van der Waals surface area contributed by atoms with Crippen LogP contribution in [-0.4, -0.2) is 23.9 Å². The molecule has 0 radical (unpaired) electrons. The van der Waals surface area contributed by atoms with Gasteiger partial charge in [-0.15, -0.1) is 0 Å². The number of hydrogen-bond acceptors (Lipinski definition) is 4. The molecule has 108 valence electrons. The Hall–Kier alpha value is -2.29. The Bertz CT molecular complexity index is 488. The van der Waals surface area contributed by atoms with E-state index in [-0.39, 0.29) is 5.91 Å². The molecule has 0 aliphatic carbocycles. The van der Waals surface area contributed by atoms with Crippen molar-refractivity contribution in [3.8, 4) is 6.07 Å². The summed E-state index contributed by atoms with van der Waals surface area (Å²) in [6.07, 6.45) is 3.26. The van der Waals surface area contributed by atoms with Crippen molar-refractivity contribution in [2.24, 2.45) is 5.92 Å². The minimum atomic E-state index is -0.722. The molecule has 0 spiro atoms. The molecule has 6 nitrogen and oxygen atoms in total. The molecule has 20 heavy (non-hydrogen) atoms. The Morgan fingerprint density at radius 1 is 1.35 bits per heavy atom. The van der Waals surface area contributed by atoms with Crippen molar-refractivity contribution < 1.29 is 14.0 Å². The lowest BCUT2D eigenvalue weighted by Crippen LogP contribution is -2.48. The van der Waals surface area contributed by atoms with Crippen LogP contribution in [0.2, 0.25) is 0 Å². The lowest BCUT2D eigenvalue weighted by molar-refractivity contribution is -0.123. The second-order valence-electron chi connectivity index (χ2n) is 5.03. The van der Waals surface area contributed by atoms with Crippen LogP contribution in [0.15, 0.2) is 23.0 Å². The van der Waals surface area contributed by atoms with Crippen LogP contribution in [0.1, 0.15) is 37.6 Å². The van der Waals surface area contributed by atoms with Crippen molar-refractivity contribution in [3.63, 3.8) is 0 Å². The van der Waals surface area contributed by atoms with Gasteiger partial charge in [-0.2, -0.15) is 5.26 Å². The van der Waals surface area contributed by atoms with Gasteiger partial charge < -0.3 is 15.1 Å². The Kier molecular flexibility index (Phi) is 5.78. The van der Waals surface area contributed by atoms with Crippen LogP contribution >= 0.6 is 0 Å². The molecule has 0 unspecified atom stereocenters. The summed E-state index contributed by atoms with van der Waals surface area (Å²) in [7, 11) is 0. The van der Waals surface area contributed by atoms with Crippen molar-refractivity contribution in [1.82, 2.24) is 10.6 Å². The summed E-state index contributed by atoms with van der Waals surface area (Å²) in [4.78, 5) is 23.6. The van der Waals surface area contributed by atoms with Crippen LogP contribution < -0.4 is 10.6 Å². The van der Waals surface area contributed by atoms with Gasteiger partial charge in [-0.05, 0) is 25.3 Å². The Labute approximate surface area is 118 Å². The van der Waals surface area contributed by atoms with Crippen molar-refractivity contribution in [1.29, 1.82) is 5.26 Å². The first-order valence-electron chi connectivity index (χ1n) is 6.47. The molecule has 1 aromatic heterocycles. The number of rotatable bonds is 6. The molecule has 0 aliphatic rings. The highest BCUT2D eigenvalue weighted by Gasteiger charge is 2.20. The molecule has 2 N–H and O–H groups in total. The molecule has 0 saturated heterocycles. The molecule has 1 heterocycles. The average molecular weight is 277 g/mol. The van der Waals surface area contributed by atoms with Crippen LogP contribution in [0.4, 0.5) is 0 Å². The molecule has 0 aromatic carbocycles. The van der Waals surface area contributed by atoms with E-state index in [2.05, 4.69) is 10.6 Å². The fraction of sp³-hybridized carbons (Fsp3) is 0.500. The number of carbonyl (C=O) groups is 2. The van der Waals surface area contributed by atoms with E-state index in [1.54, 1.807) is 6.92 Å². The fourth-order valence-electron chi connectivity index (χ4n) is 1.65. The molecular weight excluding hydrogens is 258 g/mol. The van der Waals surface area contributed by atoms with Gasteiger partial charge in [-0.3, -0.25) is 9.59 Å². The third-order valence-corrected chi connectivity index (χ3v) is 2.70. The van der Waals surface area contributed by atoms with Gasteiger partial charge in [0.1, 0.15) is 18.3 Å². The zero-order valence-electron chi connectivity index (χ0n) is 11.8. The minimum absolute atomic E-state index is 0.302. The SMILES string of the molecule is CC(C)C[C@@H](C#N)NC(=O)[C@H](C)NC(=O)c1ccoc1. The van der Waals surface area contributed by atoms with E-state index in [1.165, 1.54) is 18.6 Å². The molecule has 0 saturated carbocycles. The highest BCUT2D eigenvalue weighted by molar-refractivity contribution is 5.97. The third kappa shape index (κ3) is 4.76. The summed E-state index contributed by atoms with van der Waals surface area (Å²) < 4.78 is 4.80.